The summed E-state index contributed by atoms with van der Waals surface area (Å²) in [6.07, 6.45) is 2.25. The maximum absolute atomic E-state index is 12.3. The Morgan fingerprint density at radius 1 is 1.17 bits per heavy atom. The van der Waals surface area contributed by atoms with Crippen molar-refractivity contribution in [3.63, 3.8) is 0 Å². The van der Waals surface area contributed by atoms with Gasteiger partial charge in [-0.3, -0.25) is 9.59 Å². The van der Waals surface area contributed by atoms with Gasteiger partial charge in [0, 0.05) is 30.8 Å². The number of benzene rings is 1. The quantitative estimate of drug-likeness (QED) is 0.751. The van der Waals surface area contributed by atoms with Crippen LogP contribution < -0.4 is 10.6 Å². The van der Waals surface area contributed by atoms with Gasteiger partial charge in [0.25, 0.3) is 5.91 Å². The monoisotopic (exact) mass is 335 g/mol. The molecule has 0 fully saturated rings. The number of unbranched alkanes of at least 4 members (excludes halogenated alkanes) is 1. The van der Waals surface area contributed by atoms with E-state index in [2.05, 4.69) is 10.6 Å². The minimum Gasteiger partial charge on any atom is -0.339 e. The zero-order valence-electron chi connectivity index (χ0n) is 14.0. The Hall–Kier alpha value is -1.95. The largest absolute Gasteiger partial charge is 0.339 e. The van der Waals surface area contributed by atoms with E-state index in [1.807, 2.05) is 26.8 Å². The van der Waals surface area contributed by atoms with Crippen LogP contribution in [-0.4, -0.2) is 34.9 Å². The highest BCUT2D eigenvalue weighted by Gasteiger charge is 2.13. The molecule has 5 nitrogen and oxygen atoms in total. The predicted octanol–water partition coefficient (Wildman–Crippen LogP) is 3.17. The molecule has 0 saturated carbocycles. The van der Waals surface area contributed by atoms with Gasteiger partial charge in [-0.15, -0.1) is 0 Å². The van der Waals surface area contributed by atoms with Crippen molar-refractivity contribution < 1.29 is 9.59 Å². The Morgan fingerprint density at radius 3 is 2.48 bits per heavy atom. The van der Waals surface area contributed by atoms with Crippen molar-refractivity contribution in [1.29, 1.82) is 0 Å². The second-order valence-electron chi connectivity index (χ2n) is 5.16. The Kier molecular flexibility index (Phi) is 8.26. The Labute approximate surface area is 143 Å². The molecule has 0 spiro atoms. The fourth-order valence-electron chi connectivity index (χ4n) is 2.11. The number of rotatable bonds is 7. The van der Waals surface area contributed by atoms with Gasteiger partial charge in [-0.2, -0.15) is 0 Å². The molecular weight excluding hydrogens is 310 g/mol. The average Bonchev–Trinajstić information content (AvgIpc) is 2.54. The predicted molar refractivity (Wildman–Crippen MR) is 97.6 cm³/mol. The van der Waals surface area contributed by atoms with Crippen molar-refractivity contribution in [1.82, 2.24) is 10.2 Å². The van der Waals surface area contributed by atoms with E-state index in [1.54, 1.807) is 23.1 Å². The molecule has 0 bridgehead atoms. The van der Waals surface area contributed by atoms with Crippen LogP contribution in [-0.2, 0) is 4.79 Å². The van der Waals surface area contributed by atoms with Gasteiger partial charge in [-0.05, 0) is 50.7 Å². The van der Waals surface area contributed by atoms with Gasteiger partial charge in [-0.1, -0.05) is 19.4 Å². The van der Waals surface area contributed by atoms with Crippen LogP contribution in [0.5, 0.6) is 0 Å². The smallest absolute Gasteiger partial charge is 0.253 e. The van der Waals surface area contributed by atoms with E-state index < -0.39 is 0 Å². The molecule has 126 valence electrons. The molecule has 0 aromatic heterocycles. The van der Waals surface area contributed by atoms with E-state index in [9.17, 15) is 9.59 Å². The van der Waals surface area contributed by atoms with Gasteiger partial charge >= 0.3 is 0 Å². The van der Waals surface area contributed by atoms with Crippen molar-refractivity contribution >= 4 is 34.8 Å². The molecule has 0 radical (unpaired) electrons. The molecule has 0 aliphatic heterocycles. The zero-order chi connectivity index (χ0) is 17.2. The molecule has 0 saturated heterocycles. The Bertz CT molecular complexity index is 557. The first-order valence-corrected chi connectivity index (χ1v) is 8.42. The van der Waals surface area contributed by atoms with E-state index >= 15 is 0 Å². The molecule has 1 aromatic carbocycles. The minimum absolute atomic E-state index is 0.0171. The van der Waals surface area contributed by atoms with Crippen LogP contribution in [0.15, 0.2) is 24.3 Å². The second kappa shape index (κ2) is 9.94. The maximum Gasteiger partial charge on any atom is 0.253 e. The lowest BCUT2D eigenvalue weighted by atomic mass is 10.1. The highest BCUT2D eigenvalue weighted by molar-refractivity contribution is 7.80. The summed E-state index contributed by atoms with van der Waals surface area (Å²) in [6.45, 7) is 7.26. The highest BCUT2D eigenvalue weighted by atomic mass is 32.1. The third-order valence-corrected chi connectivity index (χ3v) is 3.63. The lowest BCUT2D eigenvalue weighted by Gasteiger charge is -2.19. The highest BCUT2D eigenvalue weighted by Crippen LogP contribution is 2.13. The fraction of sp³-hybridized carbons (Fsp3) is 0.471. The number of carbonyl (C=O) groups is 2. The third kappa shape index (κ3) is 6.36. The molecule has 2 N–H and O–H groups in total. The number of amides is 2. The summed E-state index contributed by atoms with van der Waals surface area (Å²) >= 11 is 5.13. The molecule has 6 heteroatoms. The van der Waals surface area contributed by atoms with Gasteiger partial charge in [0.2, 0.25) is 5.91 Å². The van der Waals surface area contributed by atoms with Crippen molar-refractivity contribution in [3.05, 3.63) is 29.8 Å². The number of nitrogens with zero attached hydrogens (tertiary/aromatic N) is 1. The fourth-order valence-corrected chi connectivity index (χ4v) is 2.34. The SMILES string of the molecule is CCCCC(=O)NC(=S)Nc1cccc(C(=O)N(CC)CC)c1. The molecular formula is C17H25N3O2S. The second-order valence-corrected chi connectivity index (χ2v) is 5.57. The number of thiocarbonyl (C=S) groups is 1. The van der Waals surface area contributed by atoms with Gasteiger partial charge in [-0.25, -0.2) is 0 Å². The van der Waals surface area contributed by atoms with E-state index in [1.165, 1.54) is 0 Å². The van der Waals surface area contributed by atoms with E-state index in [0.29, 0.717) is 30.8 Å². The number of anilines is 1. The van der Waals surface area contributed by atoms with Gasteiger partial charge < -0.3 is 15.5 Å². The lowest BCUT2D eigenvalue weighted by molar-refractivity contribution is -0.119. The van der Waals surface area contributed by atoms with Crippen LogP contribution in [0.3, 0.4) is 0 Å². The van der Waals surface area contributed by atoms with Gasteiger partial charge in [0.1, 0.15) is 0 Å². The average molecular weight is 335 g/mol. The van der Waals surface area contributed by atoms with Crippen LogP contribution in [0.4, 0.5) is 5.69 Å². The van der Waals surface area contributed by atoms with Crippen molar-refractivity contribution in [2.24, 2.45) is 0 Å². The topological polar surface area (TPSA) is 61.4 Å². The Balaban J connectivity index is 2.68. The number of hydrogen-bond acceptors (Lipinski definition) is 3. The standard InChI is InChI=1S/C17H25N3O2S/c1-4-7-11-15(21)19-17(23)18-14-10-8-9-13(12-14)16(22)20(5-2)6-3/h8-10,12H,4-7,11H2,1-3H3,(H2,18,19,21,23). The molecule has 0 heterocycles. The molecule has 1 aromatic rings. The molecule has 0 aliphatic carbocycles. The normalized spacial score (nSPS) is 10.0. The van der Waals surface area contributed by atoms with Crippen molar-refractivity contribution in [3.8, 4) is 0 Å². The summed E-state index contributed by atoms with van der Waals surface area (Å²) in [5.74, 6) is -0.115. The molecule has 0 unspecified atom stereocenters. The van der Waals surface area contributed by atoms with E-state index in [4.69, 9.17) is 12.2 Å². The summed E-state index contributed by atoms with van der Waals surface area (Å²) in [6, 6.07) is 7.12. The van der Waals surface area contributed by atoms with E-state index in [0.717, 1.165) is 12.8 Å². The van der Waals surface area contributed by atoms with Crippen LogP contribution >= 0.6 is 12.2 Å². The van der Waals surface area contributed by atoms with Crippen molar-refractivity contribution in [2.75, 3.05) is 18.4 Å². The zero-order valence-corrected chi connectivity index (χ0v) is 14.8. The molecule has 23 heavy (non-hydrogen) atoms. The van der Waals surface area contributed by atoms with Crippen LogP contribution in [0.1, 0.15) is 50.4 Å². The summed E-state index contributed by atoms with van der Waals surface area (Å²) in [5.41, 5.74) is 1.28. The summed E-state index contributed by atoms with van der Waals surface area (Å²) < 4.78 is 0. The number of hydrogen-bond donors (Lipinski definition) is 2. The van der Waals surface area contributed by atoms with Crippen LogP contribution in [0.2, 0.25) is 0 Å². The number of carbonyl (C=O) groups excluding carboxylic acids is 2. The maximum atomic E-state index is 12.3. The first-order valence-electron chi connectivity index (χ1n) is 8.01. The van der Waals surface area contributed by atoms with Crippen molar-refractivity contribution in [2.45, 2.75) is 40.0 Å². The third-order valence-electron chi connectivity index (χ3n) is 3.43. The summed E-state index contributed by atoms with van der Waals surface area (Å²) in [5, 5.41) is 5.84. The molecule has 0 aliphatic rings. The van der Waals surface area contributed by atoms with Crippen LogP contribution in [0.25, 0.3) is 0 Å². The first kappa shape index (κ1) is 19.1. The number of nitrogens with one attached hydrogen (secondary N) is 2. The lowest BCUT2D eigenvalue weighted by Crippen LogP contribution is -2.34. The van der Waals surface area contributed by atoms with Gasteiger partial charge in [0.15, 0.2) is 5.11 Å². The van der Waals surface area contributed by atoms with E-state index in [-0.39, 0.29) is 16.9 Å². The molecule has 0 atom stereocenters. The molecule has 1 rings (SSSR count). The molecule has 2 amide bonds. The minimum atomic E-state index is -0.0975. The van der Waals surface area contributed by atoms with Gasteiger partial charge in [0.05, 0.1) is 0 Å². The Morgan fingerprint density at radius 2 is 1.87 bits per heavy atom. The van der Waals surface area contributed by atoms with Crippen LogP contribution in [0, 0.1) is 0 Å². The first-order chi connectivity index (χ1) is 11.0. The summed E-state index contributed by atoms with van der Waals surface area (Å²) in [4.78, 5) is 25.7. The summed E-state index contributed by atoms with van der Waals surface area (Å²) in [7, 11) is 0.